The van der Waals surface area contributed by atoms with Crippen LogP contribution in [0.4, 0.5) is 0 Å². The molecule has 1 amide bonds. The molecule has 1 aromatic rings. The largest absolute Gasteiger partial charge is 0.353 e. The zero-order valence-electron chi connectivity index (χ0n) is 14.4. The maximum atomic E-state index is 12.7. The smallest absolute Gasteiger partial charge is 0.238 e. The summed E-state index contributed by atoms with van der Waals surface area (Å²) < 4.78 is 27.2. The summed E-state index contributed by atoms with van der Waals surface area (Å²) in [6, 6.07) is 3.93. The van der Waals surface area contributed by atoms with Crippen LogP contribution in [-0.4, -0.2) is 53.5 Å². The molecule has 23 heavy (non-hydrogen) atoms. The molecule has 0 radical (unpaired) electrons. The summed E-state index contributed by atoms with van der Waals surface area (Å²) in [5, 5.41) is 0. The van der Waals surface area contributed by atoms with Crippen molar-refractivity contribution in [2.45, 2.75) is 39.3 Å². The standard InChI is InChI=1S/C16H27N3O3S/c1-13(2)10-18(11-15-6-5-9-17(15)3)16(20)12-19(14-7-8-14)23(4,21)22/h5-6,9,13-14H,7-8,10-12H2,1-4H3. The Morgan fingerprint density at radius 2 is 2.04 bits per heavy atom. The second-order valence-electron chi connectivity index (χ2n) is 6.82. The van der Waals surface area contributed by atoms with Crippen molar-refractivity contribution in [3.8, 4) is 0 Å². The predicted octanol–water partition coefficient (Wildman–Crippen LogP) is 1.43. The minimum absolute atomic E-state index is 0.00452. The molecule has 0 unspecified atom stereocenters. The Morgan fingerprint density at radius 1 is 1.39 bits per heavy atom. The fraction of sp³-hybridized carbons (Fsp3) is 0.688. The quantitative estimate of drug-likeness (QED) is 0.719. The molecule has 1 fully saturated rings. The highest BCUT2D eigenvalue weighted by Crippen LogP contribution is 2.28. The molecule has 0 atom stereocenters. The van der Waals surface area contributed by atoms with E-state index in [4.69, 9.17) is 0 Å². The first kappa shape index (κ1) is 18.0. The van der Waals surface area contributed by atoms with E-state index in [0.717, 1.165) is 18.5 Å². The lowest BCUT2D eigenvalue weighted by atomic mass is 10.2. The molecule has 1 aromatic heterocycles. The summed E-state index contributed by atoms with van der Waals surface area (Å²) in [6.07, 6.45) is 4.83. The van der Waals surface area contributed by atoms with E-state index in [-0.39, 0.29) is 18.5 Å². The number of sulfonamides is 1. The van der Waals surface area contributed by atoms with E-state index in [9.17, 15) is 13.2 Å². The highest BCUT2D eigenvalue weighted by atomic mass is 32.2. The fourth-order valence-corrected chi connectivity index (χ4v) is 3.76. The average molecular weight is 341 g/mol. The monoisotopic (exact) mass is 341 g/mol. The van der Waals surface area contributed by atoms with Crippen LogP contribution in [0.5, 0.6) is 0 Å². The van der Waals surface area contributed by atoms with Gasteiger partial charge in [-0.3, -0.25) is 4.79 Å². The van der Waals surface area contributed by atoms with Crippen molar-refractivity contribution < 1.29 is 13.2 Å². The van der Waals surface area contributed by atoms with Crippen molar-refractivity contribution in [1.82, 2.24) is 13.8 Å². The van der Waals surface area contributed by atoms with Crippen LogP contribution in [0.3, 0.4) is 0 Å². The molecule has 130 valence electrons. The van der Waals surface area contributed by atoms with Gasteiger partial charge in [-0.2, -0.15) is 4.31 Å². The maximum Gasteiger partial charge on any atom is 0.238 e. The molecule has 0 N–H and O–H groups in total. The lowest BCUT2D eigenvalue weighted by Gasteiger charge is -2.28. The van der Waals surface area contributed by atoms with E-state index in [2.05, 4.69) is 13.8 Å². The highest BCUT2D eigenvalue weighted by Gasteiger charge is 2.37. The van der Waals surface area contributed by atoms with E-state index < -0.39 is 10.0 Å². The highest BCUT2D eigenvalue weighted by molar-refractivity contribution is 7.88. The third-order valence-electron chi connectivity index (χ3n) is 4.01. The molecule has 0 aliphatic heterocycles. The van der Waals surface area contributed by atoms with E-state index in [1.807, 2.05) is 29.9 Å². The molecule has 6 nitrogen and oxygen atoms in total. The molecule has 1 saturated carbocycles. The number of carbonyl (C=O) groups excluding carboxylic acids is 1. The van der Waals surface area contributed by atoms with Crippen LogP contribution in [0.1, 0.15) is 32.4 Å². The van der Waals surface area contributed by atoms with E-state index in [0.29, 0.717) is 19.0 Å². The molecule has 2 rings (SSSR count). The maximum absolute atomic E-state index is 12.7. The van der Waals surface area contributed by atoms with Gasteiger partial charge in [-0.15, -0.1) is 0 Å². The Morgan fingerprint density at radius 3 is 2.48 bits per heavy atom. The van der Waals surface area contributed by atoms with Crippen LogP contribution in [0.25, 0.3) is 0 Å². The second kappa shape index (κ2) is 7.05. The first-order valence-electron chi connectivity index (χ1n) is 8.03. The van der Waals surface area contributed by atoms with Gasteiger partial charge in [-0.25, -0.2) is 8.42 Å². The lowest BCUT2D eigenvalue weighted by Crippen LogP contribution is -2.44. The summed E-state index contributed by atoms with van der Waals surface area (Å²) in [5.41, 5.74) is 1.04. The molecule has 0 spiro atoms. The van der Waals surface area contributed by atoms with Crippen molar-refractivity contribution in [2.75, 3.05) is 19.3 Å². The molecule has 0 bridgehead atoms. The van der Waals surface area contributed by atoms with Gasteiger partial charge < -0.3 is 9.47 Å². The molecule has 0 aromatic carbocycles. The fourth-order valence-electron chi connectivity index (χ4n) is 2.66. The zero-order chi connectivity index (χ0) is 17.2. The van der Waals surface area contributed by atoms with Gasteiger partial charge in [0.2, 0.25) is 15.9 Å². The van der Waals surface area contributed by atoms with Crippen LogP contribution in [0.15, 0.2) is 18.3 Å². The van der Waals surface area contributed by atoms with E-state index >= 15 is 0 Å². The van der Waals surface area contributed by atoms with Gasteiger partial charge in [0.25, 0.3) is 0 Å². The Bertz CT molecular complexity index is 647. The minimum Gasteiger partial charge on any atom is -0.353 e. The number of aromatic nitrogens is 1. The number of rotatable bonds is 8. The van der Waals surface area contributed by atoms with Crippen LogP contribution in [0.2, 0.25) is 0 Å². The first-order valence-corrected chi connectivity index (χ1v) is 9.88. The lowest BCUT2D eigenvalue weighted by molar-refractivity contribution is -0.132. The zero-order valence-corrected chi connectivity index (χ0v) is 15.2. The third-order valence-corrected chi connectivity index (χ3v) is 5.29. The van der Waals surface area contributed by atoms with Crippen molar-refractivity contribution in [3.63, 3.8) is 0 Å². The summed E-state index contributed by atoms with van der Waals surface area (Å²) in [6.45, 7) is 5.18. The first-order chi connectivity index (χ1) is 10.7. The second-order valence-corrected chi connectivity index (χ2v) is 8.75. The van der Waals surface area contributed by atoms with Gasteiger partial charge in [-0.05, 0) is 30.9 Å². The summed E-state index contributed by atoms with van der Waals surface area (Å²) >= 11 is 0. The number of nitrogens with zero attached hydrogens (tertiary/aromatic N) is 3. The Kier molecular flexibility index (Phi) is 5.52. The van der Waals surface area contributed by atoms with Crippen molar-refractivity contribution in [3.05, 3.63) is 24.0 Å². The van der Waals surface area contributed by atoms with Crippen LogP contribution < -0.4 is 0 Å². The van der Waals surface area contributed by atoms with Gasteiger partial charge in [0.05, 0.1) is 19.3 Å². The third kappa shape index (κ3) is 5.07. The SMILES string of the molecule is CC(C)CN(Cc1cccn1C)C(=O)CN(C1CC1)S(C)(=O)=O. The number of hydrogen-bond acceptors (Lipinski definition) is 3. The average Bonchev–Trinajstić information content (AvgIpc) is 3.17. The minimum atomic E-state index is -3.35. The van der Waals surface area contributed by atoms with E-state index in [1.165, 1.54) is 10.6 Å². The van der Waals surface area contributed by atoms with Gasteiger partial charge in [0.15, 0.2) is 0 Å². The van der Waals surface area contributed by atoms with Crippen molar-refractivity contribution in [2.24, 2.45) is 13.0 Å². The van der Waals surface area contributed by atoms with Gasteiger partial charge in [0, 0.05) is 31.5 Å². The number of hydrogen-bond donors (Lipinski definition) is 0. The van der Waals surface area contributed by atoms with Gasteiger partial charge >= 0.3 is 0 Å². The predicted molar refractivity (Wildman–Crippen MR) is 90.2 cm³/mol. The molecule has 1 aliphatic rings. The van der Waals surface area contributed by atoms with Crippen molar-refractivity contribution >= 4 is 15.9 Å². The van der Waals surface area contributed by atoms with Gasteiger partial charge in [0.1, 0.15) is 0 Å². The Labute approximate surface area is 139 Å². The Hall–Kier alpha value is -1.34. The molecule has 1 aliphatic carbocycles. The molecular weight excluding hydrogens is 314 g/mol. The summed E-state index contributed by atoms with van der Waals surface area (Å²) in [5.74, 6) is 0.198. The van der Waals surface area contributed by atoms with Crippen LogP contribution in [0, 0.1) is 5.92 Å². The molecular formula is C16H27N3O3S. The van der Waals surface area contributed by atoms with Gasteiger partial charge in [-0.1, -0.05) is 13.8 Å². The summed E-state index contributed by atoms with van der Waals surface area (Å²) in [7, 11) is -1.40. The molecule has 1 heterocycles. The van der Waals surface area contributed by atoms with Crippen LogP contribution in [-0.2, 0) is 28.4 Å². The molecule has 0 saturated heterocycles. The van der Waals surface area contributed by atoms with E-state index in [1.54, 1.807) is 4.90 Å². The topological polar surface area (TPSA) is 62.6 Å². The number of aryl methyl sites for hydroxylation is 1. The number of carbonyl (C=O) groups is 1. The van der Waals surface area contributed by atoms with Crippen LogP contribution >= 0.6 is 0 Å². The molecule has 7 heteroatoms. The number of amides is 1. The Balaban J connectivity index is 2.11. The normalized spacial score (nSPS) is 15.4. The van der Waals surface area contributed by atoms with Crippen molar-refractivity contribution in [1.29, 1.82) is 0 Å². The summed E-state index contributed by atoms with van der Waals surface area (Å²) in [4.78, 5) is 14.5.